The first-order valence-corrected chi connectivity index (χ1v) is 10.2. The van der Waals surface area contributed by atoms with Gasteiger partial charge in [-0.2, -0.15) is 0 Å². The Morgan fingerprint density at radius 3 is 1.44 bits per heavy atom. The number of methoxy groups -OCH3 is 2. The van der Waals surface area contributed by atoms with Gasteiger partial charge in [-0.15, -0.1) is 0 Å². The Kier molecular flexibility index (Phi) is 6.01. The molecule has 2 N–H and O–H groups in total. The van der Waals surface area contributed by atoms with Crippen LogP contribution in [0.5, 0.6) is 17.2 Å². The Morgan fingerprint density at radius 1 is 0.618 bits per heavy atom. The first kappa shape index (κ1) is 22.5. The number of ether oxygens (including phenoxy) is 2. The largest absolute Gasteiger partial charge is 0.508 e. The molecule has 0 spiro atoms. The summed E-state index contributed by atoms with van der Waals surface area (Å²) >= 11 is 0. The van der Waals surface area contributed by atoms with Crippen LogP contribution < -0.4 is 9.47 Å². The average molecular weight is 456 g/mol. The zero-order valence-corrected chi connectivity index (χ0v) is 18.4. The molecule has 34 heavy (non-hydrogen) atoms. The van der Waals surface area contributed by atoms with Crippen LogP contribution >= 0.6 is 0 Å². The van der Waals surface area contributed by atoms with Crippen LogP contribution in [0.1, 0.15) is 42.2 Å². The van der Waals surface area contributed by atoms with Crippen molar-refractivity contribution in [2.45, 2.75) is 0 Å². The molecule has 0 aliphatic carbocycles. The molecule has 4 rings (SSSR count). The fourth-order valence-electron chi connectivity index (χ4n) is 3.84. The van der Waals surface area contributed by atoms with Crippen LogP contribution in [0.4, 0.5) is 0 Å². The Morgan fingerprint density at radius 2 is 1.03 bits per heavy atom. The summed E-state index contributed by atoms with van der Waals surface area (Å²) in [5, 5.41) is 19.7. The standard InChI is InChI=1S/C27H20O7/c1-33-20-13-9-15-10-14-21(34-2)24(26(30)17-7-11-19(28)12-8-17)22(15)23(20)25(29)16-3-5-18(6-4-16)27(31)32/h3-14,28H,1-2H3,(H,31,32). The Balaban J connectivity index is 2.00. The number of hydrogen-bond donors (Lipinski definition) is 2. The first-order chi connectivity index (χ1) is 16.3. The molecule has 0 radical (unpaired) electrons. The predicted molar refractivity (Wildman–Crippen MR) is 125 cm³/mol. The van der Waals surface area contributed by atoms with Crippen LogP contribution in [0.2, 0.25) is 0 Å². The molecule has 7 heteroatoms. The minimum absolute atomic E-state index is 0.0174. The number of phenols is 1. The summed E-state index contributed by atoms with van der Waals surface area (Å²) in [6.45, 7) is 0. The number of ketones is 2. The van der Waals surface area contributed by atoms with E-state index in [9.17, 15) is 19.5 Å². The van der Waals surface area contributed by atoms with E-state index < -0.39 is 17.5 Å². The van der Waals surface area contributed by atoms with Crippen LogP contribution in [-0.2, 0) is 0 Å². The molecule has 4 aromatic rings. The molecule has 0 aliphatic heterocycles. The van der Waals surface area contributed by atoms with Gasteiger partial charge in [0.05, 0.1) is 30.9 Å². The number of rotatable bonds is 7. The number of phenolic OH excluding ortho intramolecular Hbond substituents is 1. The van der Waals surface area contributed by atoms with Gasteiger partial charge in [-0.25, -0.2) is 4.79 Å². The van der Waals surface area contributed by atoms with Crippen molar-refractivity contribution >= 4 is 28.3 Å². The smallest absolute Gasteiger partial charge is 0.335 e. The van der Waals surface area contributed by atoms with E-state index >= 15 is 0 Å². The summed E-state index contributed by atoms with van der Waals surface area (Å²) in [5.74, 6) is -1.39. The van der Waals surface area contributed by atoms with Gasteiger partial charge in [0, 0.05) is 16.5 Å². The van der Waals surface area contributed by atoms with E-state index in [1.807, 2.05) is 0 Å². The molecule has 0 unspecified atom stereocenters. The number of benzene rings is 4. The first-order valence-electron chi connectivity index (χ1n) is 10.2. The maximum absolute atomic E-state index is 13.7. The molecule has 7 nitrogen and oxygen atoms in total. The maximum Gasteiger partial charge on any atom is 0.335 e. The van der Waals surface area contributed by atoms with E-state index in [1.54, 1.807) is 24.3 Å². The van der Waals surface area contributed by atoms with Gasteiger partial charge < -0.3 is 19.7 Å². The third-order valence-electron chi connectivity index (χ3n) is 5.53. The Hall–Kier alpha value is -4.65. The molecule has 170 valence electrons. The Bertz CT molecular complexity index is 1410. The van der Waals surface area contributed by atoms with Crippen molar-refractivity contribution in [2.24, 2.45) is 0 Å². The number of carboxylic acid groups (broad SMARTS) is 1. The number of hydrogen-bond acceptors (Lipinski definition) is 6. The fraction of sp³-hybridized carbons (Fsp3) is 0.0741. The summed E-state index contributed by atoms with van der Waals surface area (Å²) in [6, 6.07) is 18.1. The summed E-state index contributed by atoms with van der Waals surface area (Å²) in [6.07, 6.45) is 0. The molecule has 0 fully saturated rings. The molecule has 0 amide bonds. The lowest BCUT2D eigenvalue weighted by atomic mass is 9.89. The third-order valence-corrected chi connectivity index (χ3v) is 5.53. The van der Waals surface area contributed by atoms with Gasteiger partial charge in [0.15, 0.2) is 11.6 Å². The normalized spacial score (nSPS) is 10.6. The molecular formula is C27H20O7. The van der Waals surface area contributed by atoms with Crippen molar-refractivity contribution in [1.82, 2.24) is 0 Å². The van der Waals surface area contributed by atoms with Crippen molar-refractivity contribution < 1.29 is 34.1 Å². The molecule has 4 aromatic carbocycles. The number of carbonyl (C=O) groups is 3. The highest BCUT2D eigenvalue weighted by molar-refractivity contribution is 6.26. The minimum Gasteiger partial charge on any atom is -0.508 e. The maximum atomic E-state index is 13.7. The number of carboxylic acids is 1. The molecule has 0 heterocycles. The van der Waals surface area contributed by atoms with Crippen molar-refractivity contribution in [3.8, 4) is 17.2 Å². The van der Waals surface area contributed by atoms with Crippen LogP contribution in [-0.4, -0.2) is 42.0 Å². The summed E-state index contributed by atoms with van der Waals surface area (Å²) in [5.41, 5.74) is 0.919. The average Bonchev–Trinajstić information content (AvgIpc) is 2.86. The molecule has 0 aliphatic rings. The van der Waals surface area contributed by atoms with Crippen molar-refractivity contribution in [2.75, 3.05) is 14.2 Å². The minimum atomic E-state index is -1.10. The number of aromatic carboxylic acids is 1. The second-order valence-corrected chi connectivity index (χ2v) is 7.47. The van der Waals surface area contributed by atoms with E-state index in [-0.39, 0.29) is 39.5 Å². The Labute approximate surface area is 194 Å². The van der Waals surface area contributed by atoms with Crippen LogP contribution in [0, 0.1) is 0 Å². The zero-order valence-electron chi connectivity index (χ0n) is 18.4. The SMILES string of the molecule is COc1ccc2ccc(OC)c(C(=O)c3ccc(C(=O)O)cc3)c2c1C(=O)c1ccc(O)cc1. The van der Waals surface area contributed by atoms with Gasteiger partial charge in [0.25, 0.3) is 0 Å². The second kappa shape index (κ2) is 9.07. The van der Waals surface area contributed by atoms with Crippen LogP contribution in [0.15, 0.2) is 72.8 Å². The number of fused-ring (bicyclic) bond motifs is 1. The van der Waals surface area contributed by atoms with Gasteiger partial charge >= 0.3 is 5.97 Å². The van der Waals surface area contributed by atoms with E-state index in [0.29, 0.717) is 16.3 Å². The summed E-state index contributed by atoms with van der Waals surface area (Å²) in [4.78, 5) is 38.5. The summed E-state index contributed by atoms with van der Waals surface area (Å²) in [7, 11) is 2.86. The van der Waals surface area contributed by atoms with Gasteiger partial charge in [0.2, 0.25) is 0 Å². The van der Waals surface area contributed by atoms with Crippen LogP contribution in [0.3, 0.4) is 0 Å². The van der Waals surface area contributed by atoms with E-state index in [2.05, 4.69) is 0 Å². The molecule has 0 aromatic heterocycles. The number of carbonyl (C=O) groups excluding carboxylic acids is 2. The predicted octanol–water partition coefficient (Wildman–Crippen LogP) is 4.72. The van der Waals surface area contributed by atoms with E-state index in [1.165, 1.54) is 62.8 Å². The van der Waals surface area contributed by atoms with Crippen molar-refractivity contribution in [1.29, 1.82) is 0 Å². The lowest BCUT2D eigenvalue weighted by Crippen LogP contribution is -2.11. The monoisotopic (exact) mass is 456 g/mol. The van der Waals surface area contributed by atoms with E-state index in [0.717, 1.165) is 0 Å². The topological polar surface area (TPSA) is 110 Å². The van der Waals surface area contributed by atoms with Gasteiger partial charge in [-0.3, -0.25) is 9.59 Å². The molecule has 0 bridgehead atoms. The quantitative estimate of drug-likeness (QED) is 0.387. The van der Waals surface area contributed by atoms with Crippen LogP contribution in [0.25, 0.3) is 10.8 Å². The van der Waals surface area contributed by atoms with Gasteiger partial charge in [0.1, 0.15) is 17.2 Å². The number of aromatic hydroxyl groups is 1. The van der Waals surface area contributed by atoms with Crippen molar-refractivity contribution in [3.63, 3.8) is 0 Å². The lowest BCUT2D eigenvalue weighted by molar-refractivity contribution is 0.0696. The molecular weight excluding hydrogens is 436 g/mol. The lowest BCUT2D eigenvalue weighted by Gasteiger charge is -2.17. The second-order valence-electron chi connectivity index (χ2n) is 7.47. The highest BCUT2D eigenvalue weighted by Crippen LogP contribution is 2.38. The highest BCUT2D eigenvalue weighted by atomic mass is 16.5. The highest BCUT2D eigenvalue weighted by Gasteiger charge is 2.26. The van der Waals surface area contributed by atoms with Crippen molar-refractivity contribution in [3.05, 3.63) is 101 Å². The van der Waals surface area contributed by atoms with E-state index in [4.69, 9.17) is 14.6 Å². The van der Waals surface area contributed by atoms with Gasteiger partial charge in [-0.1, -0.05) is 24.3 Å². The summed E-state index contributed by atoms with van der Waals surface area (Å²) < 4.78 is 11.0. The third kappa shape index (κ3) is 3.95. The molecule has 0 saturated carbocycles. The fourth-order valence-corrected chi connectivity index (χ4v) is 3.84. The molecule has 0 atom stereocenters. The molecule has 0 saturated heterocycles. The van der Waals surface area contributed by atoms with Gasteiger partial charge in [-0.05, 0) is 53.9 Å². The zero-order chi connectivity index (χ0) is 24.4.